The molecule has 4 rings (SSSR count). The van der Waals surface area contributed by atoms with E-state index in [1.54, 1.807) is 11.5 Å². The van der Waals surface area contributed by atoms with E-state index in [1.165, 1.54) is 19.8 Å². The fourth-order valence-electron chi connectivity index (χ4n) is 3.03. The standard InChI is InChI=1S/C13H16N4O6/c1-5(18)7-8-9(23-13(20-2)22-8)12(21-7)17-4-16-6-10(17)14-3-15-11(6)19/h3-5,7-9,12-13,18H,1-2H3,(H,14,15,19)/t5-,7+,8+,9+,12+,13?/m0/s1. The zero-order chi connectivity index (χ0) is 16.1. The number of H-pyrrole nitrogens is 1. The summed E-state index contributed by atoms with van der Waals surface area (Å²) in [4.78, 5) is 22.5. The van der Waals surface area contributed by atoms with Gasteiger partial charge in [0.15, 0.2) is 17.4 Å². The van der Waals surface area contributed by atoms with Gasteiger partial charge in [0, 0.05) is 7.11 Å². The second kappa shape index (κ2) is 5.35. The van der Waals surface area contributed by atoms with Crippen LogP contribution in [0.2, 0.25) is 0 Å². The number of nitrogens with zero attached hydrogens (tertiary/aromatic N) is 3. The Labute approximate surface area is 130 Å². The third-order valence-electron chi connectivity index (χ3n) is 4.07. The molecule has 0 aromatic carbocycles. The van der Waals surface area contributed by atoms with Crippen LogP contribution < -0.4 is 5.56 Å². The number of imidazole rings is 1. The maximum absolute atomic E-state index is 11.8. The molecule has 10 nitrogen and oxygen atoms in total. The average Bonchev–Trinajstić information content (AvgIpc) is 3.19. The number of nitrogens with one attached hydrogen (secondary N) is 1. The van der Waals surface area contributed by atoms with E-state index in [4.69, 9.17) is 18.9 Å². The van der Waals surface area contributed by atoms with Gasteiger partial charge in [0.05, 0.1) is 18.8 Å². The molecule has 0 radical (unpaired) electrons. The van der Waals surface area contributed by atoms with Crippen LogP contribution in [-0.2, 0) is 18.9 Å². The van der Waals surface area contributed by atoms with Gasteiger partial charge in [-0.2, -0.15) is 0 Å². The highest BCUT2D eigenvalue weighted by molar-refractivity contribution is 5.68. The molecule has 2 aromatic rings. The van der Waals surface area contributed by atoms with Crippen molar-refractivity contribution in [2.45, 2.75) is 44.0 Å². The third-order valence-corrected chi connectivity index (χ3v) is 4.07. The molecule has 2 aliphatic heterocycles. The summed E-state index contributed by atoms with van der Waals surface area (Å²) < 4.78 is 23.9. The first-order valence-electron chi connectivity index (χ1n) is 7.17. The Hall–Kier alpha value is -1.85. The zero-order valence-electron chi connectivity index (χ0n) is 12.4. The number of rotatable bonds is 3. The number of fused-ring (bicyclic) bond motifs is 2. The highest BCUT2D eigenvalue weighted by Gasteiger charge is 2.55. The van der Waals surface area contributed by atoms with Crippen LogP contribution in [0.1, 0.15) is 13.2 Å². The smallest absolute Gasteiger partial charge is 0.278 e. The number of methoxy groups -OCH3 is 1. The van der Waals surface area contributed by atoms with E-state index >= 15 is 0 Å². The molecule has 4 heterocycles. The lowest BCUT2D eigenvalue weighted by Gasteiger charge is -2.21. The van der Waals surface area contributed by atoms with Gasteiger partial charge in [-0.25, -0.2) is 9.97 Å². The quantitative estimate of drug-likeness (QED) is 0.746. The number of aromatic nitrogens is 4. The fraction of sp³-hybridized carbons (Fsp3) is 0.615. The van der Waals surface area contributed by atoms with E-state index < -0.39 is 37.1 Å². The molecule has 2 aliphatic rings. The van der Waals surface area contributed by atoms with Crippen LogP contribution in [0.3, 0.4) is 0 Å². The summed E-state index contributed by atoms with van der Waals surface area (Å²) in [6, 6.07) is 0. The molecule has 23 heavy (non-hydrogen) atoms. The molecular weight excluding hydrogens is 308 g/mol. The van der Waals surface area contributed by atoms with E-state index in [-0.39, 0.29) is 11.1 Å². The van der Waals surface area contributed by atoms with Crippen LogP contribution in [0.5, 0.6) is 0 Å². The molecular formula is C13H16N4O6. The summed E-state index contributed by atoms with van der Waals surface area (Å²) in [5, 5.41) is 9.93. The Bertz CT molecular complexity index is 773. The second-order valence-corrected chi connectivity index (χ2v) is 5.51. The Morgan fingerprint density at radius 1 is 1.35 bits per heavy atom. The zero-order valence-corrected chi connectivity index (χ0v) is 12.4. The molecule has 6 atom stereocenters. The first kappa shape index (κ1) is 14.7. The number of aliphatic hydroxyl groups is 1. The van der Waals surface area contributed by atoms with Crippen LogP contribution in [-0.4, -0.2) is 62.6 Å². The predicted molar refractivity (Wildman–Crippen MR) is 74.3 cm³/mol. The van der Waals surface area contributed by atoms with E-state index in [2.05, 4.69) is 15.0 Å². The first-order chi connectivity index (χ1) is 11.1. The van der Waals surface area contributed by atoms with Crippen molar-refractivity contribution in [1.82, 2.24) is 19.5 Å². The maximum atomic E-state index is 11.8. The van der Waals surface area contributed by atoms with Crippen molar-refractivity contribution in [1.29, 1.82) is 0 Å². The molecule has 2 N–H and O–H groups in total. The van der Waals surface area contributed by atoms with Crippen molar-refractivity contribution in [3.05, 3.63) is 23.0 Å². The Kier molecular flexibility index (Phi) is 3.43. The van der Waals surface area contributed by atoms with Gasteiger partial charge >= 0.3 is 0 Å². The van der Waals surface area contributed by atoms with Gasteiger partial charge < -0.3 is 29.0 Å². The van der Waals surface area contributed by atoms with Crippen molar-refractivity contribution in [2.75, 3.05) is 7.11 Å². The topological polar surface area (TPSA) is 121 Å². The minimum absolute atomic E-state index is 0.204. The number of hydrogen-bond acceptors (Lipinski definition) is 8. The number of aromatic amines is 1. The summed E-state index contributed by atoms with van der Waals surface area (Å²) >= 11 is 0. The van der Waals surface area contributed by atoms with Gasteiger partial charge in [-0.1, -0.05) is 0 Å². The van der Waals surface area contributed by atoms with Crippen LogP contribution in [0.15, 0.2) is 17.4 Å². The van der Waals surface area contributed by atoms with Gasteiger partial charge in [-0.3, -0.25) is 9.36 Å². The third kappa shape index (κ3) is 2.18. The summed E-state index contributed by atoms with van der Waals surface area (Å²) in [5.74, 6) is 0. The Morgan fingerprint density at radius 3 is 2.87 bits per heavy atom. The second-order valence-electron chi connectivity index (χ2n) is 5.51. The highest BCUT2D eigenvalue weighted by atomic mass is 16.9. The van der Waals surface area contributed by atoms with E-state index in [0.717, 1.165) is 0 Å². The van der Waals surface area contributed by atoms with E-state index in [1.807, 2.05) is 0 Å². The van der Waals surface area contributed by atoms with Crippen LogP contribution in [0.4, 0.5) is 0 Å². The number of aliphatic hydroxyl groups excluding tert-OH is 1. The molecule has 0 spiro atoms. The highest BCUT2D eigenvalue weighted by Crippen LogP contribution is 2.41. The molecule has 1 unspecified atom stereocenters. The van der Waals surface area contributed by atoms with Gasteiger partial charge in [-0.15, -0.1) is 0 Å². The maximum Gasteiger partial charge on any atom is 0.278 e. The first-order valence-corrected chi connectivity index (χ1v) is 7.17. The largest absolute Gasteiger partial charge is 0.391 e. The minimum atomic E-state index is -0.830. The predicted octanol–water partition coefficient (Wildman–Crippen LogP) is -0.888. The van der Waals surface area contributed by atoms with Gasteiger partial charge in [0.1, 0.15) is 18.3 Å². The molecule has 124 valence electrons. The van der Waals surface area contributed by atoms with Gasteiger partial charge in [0.25, 0.3) is 12.0 Å². The number of hydrogen-bond donors (Lipinski definition) is 2. The molecule has 2 fully saturated rings. The van der Waals surface area contributed by atoms with Gasteiger partial charge in [0.2, 0.25) is 0 Å². The van der Waals surface area contributed by atoms with Crippen molar-refractivity contribution < 1.29 is 24.1 Å². The summed E-state index contributed by atoms with van der Waals surface area (Å²) in [5.41, 5.74) is 0.234. The molecule has 2 saturated heterocycles. The summed E-state index contributed by atoms with van der Waals surface area (Å²) in [6.07, 6.45) is -0.252. The summed E-state index contributed by atoms with van der Waals surface area (Å²) in [7, 11) is 1.46. The Morgan fingerprint density at radius 2 is 2.13 bits per heavy atom. The average molecular weight is 324 g/mol. The monoisotopic (exact) mass is 324 g/mol. The van der Waals surface area contributed by atoms with E-state index in [9.17, 15) is 9.90 Å². The minimum Gasteiger partial charge on any atom is -0.391 e. The van der Waals surface area contributed by atoms with Gasteiger partial charge in [-0.05, 0) is 6.92 Å². The van der Waals surface area contributed by atoms with Crippen molar-refractivity contribution in [3.8, 4) is 0 Å². The molecule has 0 bridgehead atoms. The van der Waals surface area contributed by atoms with Crippen LogP contribution >= 0.6 is 0 Å². The number of ether oxygens (including phenoxy) is 4. The van der Waals surface area contributed by atoms with Crippen molar-refractivity contribution >= 4 is 11.2 Å². The molecule has 2 aromatic heterocycles. The van der Waals surface area contributed by atoms with Crippen molar-refractivity contribution in [3.63, 3.8) is 0 Å². The lowest BCUT2D eigenvalue weighted by atomic mass is 10.1. The SMILES string of the molecule is COC1O[C@H]2[C@@H](O1)[C@H](n1cnc3c(=O)[nH]cnc31)O[C@@H]2[C@H](C)O. The van der Waals surface area contributed by atoms with E-state index in [0.29, 0.717) is 5.65 Å². The Balaban J connectivity index is 1.75. The van der Waals surface area contributed by atoms with Crippen LogP contribution in [0.25, 0.3) is 11.2 Å². The molecule has 0 saturated carbocycles. The van der Waals surface area contributed by atoms with Crippen LogP contribution in [0, 0.1) is 0 Å². The fourth-order valence-corrected chi connectivity index (χ4v) is 3.03. The molecule has 10 heteroatoms. The lowest BCUT2D eigenvalue weighted by molar-refractivity contribution is -0.259. The summed E-state index contributed by atoms with van der Waals surface area (Å²) in [6.45, 7) is 0.784. The normalized spacial score (nSPS) is 34.8. The molecule has 0 amide bonds. The lowest BCUT2D eigenvalue weighted by Crippen LogP contribution is -2.36. The molecule has 0 aliphatic carbocycles. The van der Waals surface area contributed by atoms with Crippen molar-refractivity contribution in [2.24, 2.45) is 0 Å².